The van der Waals surface area contributed by atoms with Crippen molar-refractivity contribution in [3.63, 3.8) is 0 Å². The van der Waals surface area contributed by atoms with Crippen LogP contribution >= 0.6 is 0 Å². The summed E-state index contributed by atoms with van der Waals surface area (Å²) in [4.78, 5) is 25.0. The number of nitrogens with one attached hydrogen (secondary N) is 1. The average molecular weight is 332 g/mol. The van der Waals surface area contributed by atoms with E-state index in [1.54, 1.807) is 32.0 Å². The van der Waals surface area contributed by atoms with Crippen LogP contribution in [0.5, 0.6) is 0 Å². The van der Waals surface area contributed by atoms with Gasteiger partial charge in [0.1, 0.15) is 0 Å². The second-order valence-corrected chi connectivity index (χ2v) is 6.12. The molecule has 132 valence electrons. The van der Waals surface area contributed by atoms with Crippen molar-refractivity contribution >= 4 is 17.9 Å². The SMILES string of the molecule is CC(O)CNC(=O)c1cccc(C=CCCCCC(=O)N(C)C)c1. The third-order valence-electron chi connectivity index (χ3n) is 3.53. The minimum absolute atomic E-state index is 0.162. The fraction of sp³-hybridized carbons (Fsp3) is 0.474. The normalized spacial score (nSPS) is 12.2. The topological polar surface area (TPSA) is 69.6 Å². The maximum Gasteiger partial charge on any atom is 0.251 e. The van der Waals surface area contributed by atoms with Gasteiger partial charge in [0.05, 0.1) is 6.10 Å². The molecular weight excluding hydrogens is 304 g/mol. The lowest BCUT2D eigenvalue weighted by molar-refractivity contribution is -0.128. The molecule has 0 saturated heterocycles. The van der Waals surface area contributed by atoms with Crippen molar-refractivity contribution in [1.29, 1.82) is 0 Å². The Morgan fingerprint density at radius 2 is 2.04 bits per heavy atom. The summed E-state index contributed by atoms with van der Waals surface area (Å²) >= 11 is 0. The molecule has 2 amide bonds. The van der Waals surface area contributed by atoms with Gasteiger partial charge in [-0.25, -0.2) is 0 Å². The van der Waals surface area contributed by atoms with Gasteiger partial charge in [0, 0.05) is 32.6 Å². The number of benzene rings is 1. The highest BCUT2D eigenvalue weighted by Crippen LogP contribution is 2.09. The summed E-state index contributed by atoms with van der Waals surface area (Å²) < 4.78 is 0. The smallest absolute Gasteiger partial charge is 0.251 e. The number of amides is 2. The molecule has 0 fully saturated rings. The van der Waals surface area contributed by atoms with E-state index in [0.29, 0.717) is 12.0 Å². The van der Waals surface area contributed by atoms with Crippen LogP contribution in [0.4, 0.5) is 0 Å². The summed E-state index contributed by atoms with van der Waals surface area (Å²) in [5, 5.41) is 11.9. The van der Waals surface area contributed by atoms with Crippen molar-refractivity contribution in [2.24, 2.45) is 0 Å². The standard InChI is InChI=1S/C19H28N2O3/c1-15(22)14-20-19(24)17-11-8-10-16(13-17)9-6-4-5-7-12-18(23)21(2)3/h6,8-11,13,15,22H,4-5,7,12,14H2,1-3H3,(H,20,24). The third kappa shape index (κ3) is 7.92. The number of allylic oxidation sites excluding steroid dienone is 1. The fourth-order valence-electron chi connectivity index (χ4n) is 2.11. The highest BCUT2D eigenvalue weighted by atomic mass is 16.3. The maximum atomic E-state index is 12.0. The van der Waals surface area contributed by atoms with Crippen LogP contribution in [0.2, 0.25) is 0 Å². The lowest BCUT2D eigenvalue weighted by Gasteiger charge is -2.09. The monoisotopic (exact) mass is 332 g/mol. The van der Waals surface area contributed by atoms with Crippen LogP contribution in [0.1, 0.15) is 48.5 Å². The Morgan fingerprint density at radius 1 is 1.29 bits per heavy atom. The highest BCUT2D eigenvalue weighted by molar-refractivity contribution is 5.94. The van der Waals surface area contributed by atoms with Crippen LogP contribution in [0.3, 0.4) is 0 Å². The number of nitrogens with zero attached hydrogens (tertiary/aromatic N) is 1. The van der Waals surface area contributed by atoms with E-state index in [4.69, 9.17) is 0 Å². The number of aliphatic hydroxyl groups excluding tert-OH is 1. The predicted octanol–water partition coefficient (Wildman–Crippen LogP) is 2.46. The van der Waals surface area contributed by atoms with Crippen molar-refractivity contribution in [2.75, 3.05) is 20.6 Å². The number of hydrogen-bond acceptors (Lipinski definition) is 3. The van der Waals surface area contributed by atoms with E-state index in [9.17, 15) is 14.7 Å². The number of carbonyl (C=O) groups excluding carboxylic acids is 2. The summed E-state index contributed by atoms with van der Waals surface area (Å²) in [6.07, 6.45) is 6.82. The Morgan fingerprint density at radius 3 is 2.71 bits per heavy atom. The van der Waals surface area contributed by atoms with Crippen molar-refractivity contribution in [3.05, 3.63) is 41.5 Å². The Labute approximate surface area is 144 Å². The molecule has 1 aromatic rings. The first-order chi connectivity index (χ1) is 11.4. The summed E-state index contributed by atoms with van der Waals surface area (Å²) in [6.45, 7) is 1.87. The first kappa shape index (κ1) is 19.9. The first-order valence-electron chi connectivity index (χ1n) is 8.33. The van der Waals surface area contributed by atoms with E-state index in [0.717, 1.165) is 24.8 Å². The number of carbonyl (C=O) groups is 2. The molecule has 24 heavy (non-hydrogen) atoms. The molecule has 0 radical (unpaired) electrons. The summed E-state index contributed by atoms with van der Waals surface area (Å²) in [7, 11) is 3.54. The number of aliphatic hydroxyl groups is 1. The van der Waals surface area contributed by atoms with Gasteiger partial charge in [-0.3, -0.25) is 9.59 Å². The molecule has 0 spiro atoms. The van der Waals surface area contributed by atoms with E-state index in [1.165, 1.54) is 0 Å². The van der Waals surface area contributed by atoms with Gasteiger partial charge in [-0.05, 0) is 43.9 Å². The second kappa shape index (κ2) is 10.6. The van der Waals surface area contributed by atoms with Crippen LogP contribution in [0.15, 0.2) is 30.3 Å². The predicted molar refractivity (Wildman–Crippen MR) is 96.7 cm³/mol. The van der Waals surface area contributed by atoms with Gasteiger partial charge in [-0.2, -0.15) is 0 Å². The maximum absolute atomic E-state index is 12.0. The summed E-state index contributed by atoms with van der Waals surface area (Å²) in [5.74, 6) is -0.0248. The molecule has 0 aliphatic heterocycles. The molecule has 1 atom stereocenters. The third-order valence-corrected chi connectivity index (χ3v) is 3.53. The van der Waals surface area contributed by atoms with Gasteiger partial charge in [0.25, 0.3) is 5.91 Å². The lowest BCUT2D eigenvalue weighted by Crippen LogP contribution is -2.30. The zero-order chi connectivity index (χ0) is 17.9. The van der Waals surface area contributed by atoms with Crippen LogP contribution in [0, 0.1) is 0 Å². The molecule has 2 N–H and O–H groups in total. The number of unbranched alkanes of at least 4 members (excludes halogenated alkanes) is 2. The Balaban J connectivity index is 2.41. The zero-order valence-electron chi connectivity index (χ0n) is 14.8. The number of hydrogen-bond donors (Lipinski definition) is 2. The van der Waals surface area contributed by atoms with Gasteiger partial charge >= 0.3 is 0 Å². The van der Waals surface area contributed by atoms with Gasteiger partial charge < -0.3 is 15.3 Å². The minimum atomic E-state index is -0.559. The van der Waals surface area contributed by atoms with Gasteiger partial charge in [-0.15, -0.1) is 0 Å². The van der Waals surface area contributed by atoms with Crippen LogP contribution in [-0.4, -0.2) is 48.6 Å². The van der Waals surface area contributed by atoms with Crippen molar-refractivity contribution in [3.8, 4) is 0 Å². The van der Waals surface area contributed by atoms with E-state index in [1.807, 2.05) is 24.3 Å². The van der Waals surface area contributed by atoms with Gasteiger partial charge in [0.15, 0.2) is 0 Å². The molecule has 5 nitrogen and oxygen atoms in total. The van der Waals surface area contributed by atoms with Crippen LogP contribution in [0.25, 0.3) is 6.08 Å². The Bertz CT molecular complexity index is 565. The van der Waals surface area contributed by atoms with Gasteiger partial charge in [0.2, 0.25) is 5.91 Å². The molecule has 0 aromatic heterocycles. The van der Waals surface area contributed by atoms with Crippen molar-refractivity contribution in [2.45, 2.75) is 38.7 Å². The molecule has 1 unspecified atom stereocenters. The average Bonchev–Trinajstić information content (AvgIpc) is 2.55. The first-order valence-corrected chi connectivity index (χ1v) is 8.33. The van der Waals surface area contributed by atoms with E-state index >= 15 is 0 Å². The molecule has 5 heteroatoms. The zero-order valence-corrected chi connectivity index (χ0v) is 14.8. The van der Waals surface area contributed by atoms with E-state index < -0.39 is 6.10 Å². The molecule has 0 heterocycles. The summed E-state index contributed by atoms with van der Waals surface area (Å²) in [6, 6.07) is 7.36. The quantitative estimate of drug-likeness (QED) is 0.683. The lowest BCUT2D eigenvalue weighted by atomic mass is 10.1. The molecule has 0 bridgehead atoms. The van der Waals surface area contributed by atoms with Crippen molar-refractivity contribution in [1.82, 2.24) is 10.2 Å². The van der Waals surface area contributed by atoms with E-state index in [2.05, 4.69) is 11.4 Å². The van der Waals surface area contributed by atoms with E-state index in [-0.39, 0.29) is 18.4 Å². The molecule has 1 aromatic carbocycles. The Hall–Kier alpha value is -2.14. The second-order valence-electron chi connectivity index (χ2n) is 6.12. The van der Waals surface area contributed by atoms with Crippen molar-refractivity contribution < 1.29 is 14.7 Å². The summed E-state index contributed by atoms with van der Waals surface area (Å²) in [5.41, 5.74) is 1.54. The molecule has 0 saturated carbocycles. The van der Waals surface area contributed by atoms with Gasteiger partial charge in [-0.1, -0.05) is 24.3 Å². The van der Waals surface area contributed by atoms with Crippen LogP contribution in [-0.2, 0) is 4.79 Å². The molecule has 1 rings (SSSR count). The number of rotatable bonds is 9. The highest BCUT2D eigenvalue weighted by Gasteiger charge is 2.06. The largest absolute Gasteiger partial charge is 0.392 e. The van der Waals surface area contributed by atoms with Crippen LogP contribution < -0.4 is 5.32 Å². The molecular formula is C19H28N2O3. The molecule has 0 aliphatic carbocycles. The fourth-order valence-corrected chi connectivity index (χ4v) is 2.11. The minimum Gasteiger partial charge on any atom is -0.392 e. The molecule has 0 aliphatic rings. The Kier molecular flexibility index (Phi) is 8.79.